The number of aromatic carboxylic acids is 1. The summed E-state index contributed by atoms with van der Waals surface area (Å²) in [5.41, 5.74) is -0.0864. The van der Waals surface area contributed by atoms with Crippen LogP contribution >= 0.6 is 0 Å². The summed E-state index contributed by atoms with van der Waals surface area (Å²) in [6.07, 6.45) is 4.62. The zero-order chi connectivity index (χ0) is 12.5. The molecular formula is C12H15FN2O2. The molecule has 4 nitrogen and oxygen atoms in total. The molecule has 92 valence electrons. The van der Waals surface area contributed by atoms with Crippen molar-refractivity contribution in [1.82, 2.24) is 4.98 Å². The van der Waals surface area contributed by atoms with E-state index in [-0.39, 0.29) is 16.8 Å². The fourth-order valence-corrected chi connectivity index (χ4v) is 1.84. The predicted molar refractivity (Wildman–Crippen MR) is 61.6 cm³/mol. The Balaban J connectivity index is 2.11. The third-order valence-corrected chi connectivity index (χ3v) is 3.46. The summed E-state index contributed by atoms with van der Waals surface area (Å²) < 4.78 is 13.7. The average molecular weight is 238 g/mol. The number of carboxylic acid groups (broad SMARTS) is 1. The summed E-state index contributed by atoms with van der Waals surface area (Å²) in [7, 11) is 0. The molecule has 1 fully saturated rings. The van der Waals surface area contributed by atoms with Crippen LogP contribution in [-0.4, -0.2) is 22.6 Å². The topological polar surface area (TPSA) is 62.2 Å². The van der Waals surface area contributed by atoms with E-state index in [1.165, 1.54) is 6.20 Å². The Morgan fingerprint density at radius 1 is 1.65 bits per heavy atom. The van der Waals surface area contributed by atoms with Crippen LogP contribution in [0.5, 0.6) is 0 Å². The monoisotopic (exact) mass is 238 g/mol. The zero-order valence-corrected chi connectivity index (χ0v) is 9.66. The molecule has 1 aliphatic rings. The molecule has 2 N–H and O–H groups in total. The maximum Gasteiger partial charge on any atom is 0.338 e. The van der Waals surface area contributed by atoms with Gasteiger partial charge in [0.15, 0.2) is 11.6 Å². The molecule has 0 aliphatic heterocycles. The summed E-state index contributed by atoms with van der Waals surface area (Å²) in [4.78, 5) is 14.6. The lowest BCUT2D eigenvalue weighted by Gasteiger charge is -2.14. The molecule has 2 rings (SSSR count). The number of pyridine rings is 1. The second-order valence-corrected chi connectivity index (χ2v) is 4.53. The van der Waals surface area contributed by atoms with Crippen LogP contribution in [-0.2, 0) is 0 Å². The van der Waals surface area contributed by atoms with Crippen LogP contribution in [0.1, 0.15) is 36.5 Å². The number of nitrogens with zero attached hydrogens (tertiary/aromatic N) is 1. The first kappa shape index (κ1) is 11.8. The molecule has 0 bridgehead atoms. The molecule has 1 aliphatic carbocycles. The number of nitrogens with one attached hydrogen (secondary N) is 1. The fourth-order valence-electron chi connectivity index (χ4n) is 1.84. The molecule has 1 aromatic heterocycles. The number of hydrogen-bond acceptors (Lipinski definition) is 3. The van der Waals surface area contributed by atoms with Gasteiger partial charge >= 0.3 is 5.97 Å². The lowest BCUT2D eigenvalue weighted by molar-refractivity contribution is 0.0692. The summed E-state index contributed by atoms with van der Waals surface area (Å²) in [6.45, 7) is 2.75. The van der Waals surface area contributed by atoms with E-state index in [0.29, 0.717) is 6.54 Å². The van der Waals surface area contributed by atoms with Crippen molar-refractivity contribution in [3.63, 3.8) is 0 Å². The highest BCUT2D eigenvalue weighted by Gasteiger charge is 2.40. The van der Waals surface area contributed by atoms with Gasteiger partial charge in [-0.15, -0.1) is 0 Å². The molecule has 1 saturated carbocycles. The summed E-state index contributed by atoms with van der Waals surface area (Å²) in [5.74, 6) is -2.03. The van der Waals surface area contributed by atoms with E-state index in [0.717, 1.165) is 25.3 Å². The fraction of sp³-hybridized carbons (Fsp3) is 0.500. The molecule has 0 saturated heterocycles. The Bertz CT molecular complexity index is 444. The predicted octanol–water partition coefficient (Wildman–Crippen LogP) is 2.52. The van der Waals surface area contributed by atoms with Crippen molar-refractivity contribution < 1.29 is 14.3 Å². The number of anilines is 1. The van der Waals surface area contributed by atoms with Crippen molar-refractivity contribution in [2.75, 3.05) is 11.9 Å². The van der Waals surface area contributed by atoms with Crippen molar-refractivity contribution in [3.8, 4) is 0 Å². The van der Waals surface area contributed by atoms with E-state index < -0.39 is 11.8 Å². The number of carbonyl (C=O) groups is 1. The van der Waals surface area contributed by atoms with Gasteiger partial charge in [-0.1, -0.05) is 6.92 Å². The SMILES string of the molecule is CCC1(CNc2nccc(C(=O)O)c2F)CC1. The normalized spacial score (nSPS) is 16.6. The summed E-state index contributed by atoms with van der Waals surface area (Å²) >= 11 is 0. The molecule has 0 aromatic carbocycles. The smallest absolute Gasteiger partial charge is 0.338 e. The lowest BCUT2D eigenvalue weighted by atomic mass is 10.0. The van der Waals surface area contributed by atoms with Crippen LogP contribution in [0.3, 0.4) is 0 Å². The van der Waals surface area contributed by atoms with E-state index >= 15 is 0 Å². The van der Waals surface area contributed by atoms with E-state index in [4.69, 9.17) is 5.11 Å². The van der Waals surface area contributed by atoms with E-state index in [1.807, 2.05) is 0 Å². The van der Waals surface area contributed by atoms with Crippen molar-refractivity contribution in [1.29, 1.82) is 0 Å². The number of carboxylic acids is 1. The molecule has 0 radical (unpaired) electrons. The minimum Gasteiger partial charge on any atom is -0.478 e. The maximum absolute atomic E-state index is 13.7. The highest BCUT2D eigenvalue weighted by molar-refractivity contribution is 5.88. The van der Waals surface area contributed by atoms with Gasteiger partial charge in [-0.05, 0) is 30.7 Å². The van der Waals surface area contributed by atoms with Crippen molar-refractivity contribution in [2.24, 2.45) is 5.41 Å². The van der Waals surface area contributed by atoms with Crippen LogP contribution < -0.4 is 5.32 Å². The third kappa shape index (κ3) is 2.38. The molecule has 0 unspecified atom stereocenters. The maximum atomic E-state index is 13.7. The van der Waals surface area contributed by atoms with Gasteiger partial charge in [-0.3, -0.25) is 0 Å². The standard InChI is InChI=1S/C12H15FN2O2/c1-2-12(4-5-12)7-15-10-9(13)8(11(16)17)3-6-14-10/h3,6H,2,4-5,7H2,1H3,(H,14,15)(H,16,17). The number of hydrogen-bond donors (Lipinski definition) is 2. The van der Waals surface area contributed by atoms with Gasteiger partial charge in [0.2, 0.25) is 0 Å². The van der Waals surface area contributed by atoms with Crippen molar-refractivity contribution in [2.45, 2.75) is 26.2 Å². The van der Waals surface area contributed by atoms with E-state index in [1.54, 1.807) is 0 Å². The molecule has 1 heterocycles. The number of halogens is 1. The van der Waals surface area contributed by atoms with Gasteiger partial charge < -0.3 is 10.4 Å². The van der Waals surface area contributed by atoms with Crippen molar-refractivity contribution in [3.05, 3.63) is 23.6 Å². The van der Waals surface area contributed by atoms with Gasteiger partial charge in [-0.25, -0.2) is 14.2 Å². The average Bonchev–Trinajstić information content (AvgIpc) is 3.08. The van der Waals surface area contributed by atoms with Gasteiger partial charge in [0, 0.05) is 12.7 Å². The highest BCUT2D eigenvalue weighted by atomic mass is 19.1. The summed E-state index contributed by atoms with van der Waals surface area (Å²) in [5, 5.41) is 11.7. The quantitative estimate of drug-likeness (QED) is 0.827. The molecular weight excluding hydrogens is 223 g/mol. The number of rotatable bonds is 5. The van der Waals surface area contributed by atoms with Crippen LogP contribution in [0.2, 0.25) is 0 Å². The Hall–Kier alpha value is -1.65. The second kappa shape index (κ2) is 4.31. The first-order valence-electron chi connectivity index (χ1n) is 5.70. The number of aromatic nitrogens is 1. The molecule has 0 atom stereocenters. The molecule has 17 heavy (non-hydrogen) atoms. The molecule has 5 heteroatoms. The zero-order valence-electron chi connectivity index (χ0n) is 9.66. The Labute approximate surface area is 98.9 Å². The third-order valence-electron chi connectivity index (χ3n) is 3.46. The van der Waals surface area contributed by atoms with E-state index in [9.17, 15) is 9.18 Å². The first-order valence-corrected chi connectivity index (χ1v) is 5.70. The Kier molecular flexibility index (Phi) is 3.00. The first-order chi connectivity index (χ1) is 8.08. The van der Waals surface area contributed by atoms with Gasteiger partial charge in [0.25, 0.3) is 0 Å². The largest absolute Gasteiger partial charge is 0.478 e. The Morgan fingerprint density at radius 3 is 2.88 bits per heavy atom. The van der Waals surface area contributed by atoms with Gasteiger partial charge in [-0.2, -0.15) is 0 Å². The van der Waals surface area contributed by atoms with Crippen molar-refractivity contribution >= 4 is 11.8 Å². The Morgan fingerprint density at radius 2 is 2.35 bits per heavy atom. The second-order valence-electron chi connectivity index (χ2n) is 4.53. The minimum atomic E-state index is -1.27. The lowest BCUT2D eigenvalue weighted by Crippen LogP contribution is -2.17. The molecule has 1 aromatic rings. The van der Waals surface area contributed by atoms with Crippen LogP contribution in [0, 0.1) is 11.2 Å². The van der Waals surface area contributed by atoms with E-state index in [2.05, 4.69) is 17.2 Å². The van der Waals surface area contributed by atoms with Crippen LogP contribution in [0.15, 0.2) is 12.3 Å². The minimum absolute atomic E-state index is 0.0321. The molecule has 0 amide bonds. The summed E-state index contributed by atoms with van der Waals surface area (Å²) in [6, 6.07) is 1.16. The molecule has 0 spiro atoms. The van der Waals surface area contributed by atoms with Gasteiger partial charge in [0.05, 0.1) is 0 Å². The van der Waals surface area contributed by atoms with Crippen LogP contribution in [0.25, 0.3) is 0 Å². The van der Waals surface area contributed by atoms with Crippen LogP contribution in [0.4, 0.5) is 10.2 Å². The highest BCUT2D eigenvalue weighted by Crippen LogP contribution is 2.48. The van der Waals surface area contributed by atoms with Gasteiger partial charge in [0.1, 0.15) is 5.56 Å².